The minimum absolute atomic E-state index is 0.0712. The average Bonchev–Trinajstić information content (AvgIpc) is 3.41. The third kappa shape index (κ3) is 9.64. The topological polar surface area (TPSA) is 139 Å². The van der Waals surface area contributed by atoms with E-state index < -0.39 is 26.8 Å². The number of nitrogens with zero attached hydrogens (tertiary/aromatic N) is 1. The molecule has 3 amide bonds. The van der Waals surface area contributed by atoms with Gasteiger partial charge in [0.15, 0.2) is 0 Å². The van der Waals surface area contributed by atoms with Crippen LogP contribution in [0.25, 0.3) is 5.57 Å². The van der Waals surface area contributed by atoms with E-state index in [1.807, 2.05) is 44.2 Å². The van der Waals surface area contributed by atoms with Gasteiger partial charge in [-0.2, -0.15) is 0 Å². The first-order valence-electron chi connectivity index (χ1n) is 14.7. The van der Waals surface area contributed by atoms with Gasteiger partial charge in [0.1, 0.15) is 5.25 Å². The molecular formula is C31H43N5O5S2. The standard InChI is InChI=1S/C31H43N5O5S2/c1-20(2)41-30(38)35-23-13-11-22(12-14-23)28-32-19-26(42-28)25-16-15-24(17-27(25)43(39,40)36-31(3,4)5)34-29(37)33-18-21-9-7-6-8-10-21/h6-10,15-16,19-20,22-23,27,36H,11-14,17-18H2,1-5H3,(H,35,38)(H2,33,34,37)/t22-,23-,27?. The molecule has 43 heavy (non-hydrogen) atoms. The van der Waals surface area contributed by atoms with E-state index in [1.54, 1.807) is 39.1 Å². The molecule has 10 nitrogen and oxygen atoms in total. The maximum absolute atomic E-state index is 13.7. The van der Waals surface area contributed by atoms with Crippen LogP contribution in [0.3, 0.4) is 0 Å². The molecule has 1 atom stereocenters. The fourth-order valence-electron chi connectivity index (χ4n) is 5.26. The predicted molar refractivity (Wildman–Crippen MR) is 170 cm³/mol. The van der Waals surface area contributed by atoms with Gasteiger partial charge in [-0.15, -0.1) is 11.3 Å². The Labute approximate surface area is 258 Å². The summed E-state index contributed by atoms with van der Waals surface area (Å²) in [5.41, 5.74) is 1.47. The summed E-state index contributed by atoms with van der Waals surface area (Å²) in [7, 11) is -3.81. The summed E-state index contributed by atoms with van der Waals surface area (Å²) >= 11 is 1.52. The van der Waals surface area contributed by atoms with Crippen LogP contribution >= 0.6 is 11.3 Å². The second-order valence-electron chi connectivity index (χ2n) is 12.4. The Morgan fingerprint density at radius 3 is 2.42 bits per heavy atom. The number of allylic oxidation sites excluding steroid dienone is 3. The van der Waals surface area contributed by atoms with Crippen LogP contribution in [0.15, 0.2) is 54.4 Å². The summed E-state index contributed by atoms with van der Waals surface area (Å²) in [6.45, 7) is 9.43. The Hall–Kier alpha value is -3.22. The molecule has 0 aliphatic heterocycles. The molecule has 1 unspecified atom stereocenters. The number of aromatic nitrogens is 1. The molecule has 4 N–H and O–H groups in total. The highest BCUT2D eigenvalue weighted by Crippen LogP contribution is 2.39. The number of hydrogen-bond acceptors (Lipinski definition) is 7. The molecule has 0 bridgehead atoms. The van der Waals surface area contributed by atoms with Crippen molar-refractivity contribution in [3.8, 4) is 0 Å². The first-order chi connectivity index (χ1) is 20.3. The van der Waals surface area contributed by atoms with Crippen LogP contribution in [-0.4, -0.2) is 48.5 Å². The Morgan fingerprint density at radius 2 is 1.77 bits per heavy atom. The average molecular weight is 630 g/mol. The maximum atomic E-state index is 13.7. The quantitative estimate of drug-likeness (QED) is 0.287. The van der Waals surface area contributed by atoms with Crippen LogP contribution in [0, 0.1) is 0 Å². The van der Waals surface area contributed by atoms with Crippen molar-refractivity contribution < 1.29 is 22.7 Å². The van der Waals surface area contributed by atoms with Crippen LogP contribution in [0.4, 0.5) is 9.59 Å². The number of hydrogen-bond donors (Lipinski definition) is 4. The molecule has 234 valence electrons. The van der Waals surface area contributed by atoms with E-state index in [-0.39, 0.29) is 30.6 Å². The Morgan fingerprint density at radius 1 is 1.07 bits per heavy atom. The predicted octanol–water partition coefficient (Wildman–Crippen LogP) is 5.56. The van der Waals surface area contributed by atoms with Gasteiger partial charge in [-0.25, -0.2) is 27.7 Å². The smallest absolute Gasteiger partial charge is 0.407 e. The summed E-state index contributed by atoms with van der Waals surface area (Å²) in [6, 6.07) is 9.24. The molecule has 0 saturated heterocycles. The molecule has 0 spiro atoms. The highest BCUT2D eigenvalue weighted by molar-refractivity contribution is 7.90. The van der Waals surface area contributed by atoms with Crippen molar-refractivity contribution in [3.63, 3.8) is 0 Å². The number of sulfonamides is 1. The Bertz CT molecular complexity index is 1440. The number of thiazole rings is 1. The molecule has 2 aromatic rings. The summed E-state index contributed by atoms with van der Waals surface area (Å²) in [6.07, 6.45) is 8.28. The largest absolute Gasteiger partial charge is 0.447 e. The van der Waals surface area contributed by atoms with Crippen LogP contribution in [0.1, 0.15) is 88.1 Å². The number of nitrogens with one attached hydrogen (secondary N) is 4. The van der Waals surface area contributed by atoms with Gasteiger partial charge in [0.25, 0.3) is 0 Å². The second kappa shape index (κ2) is 14.0. The van der Waals surface area contributed by atoms with Crippen molar-refractivity contribution in [1.29, 1.82) is 0 Å². The van der Waals surface area contributed by atoms with E-state index in [1.165, 1.54) is 11.3 Å². The molecule has 0 radical (unpaired) electrons. The van der Waals surface area contributed by atoms with E-state index in [0.717, 1.165) is 41.1 Å². The van der Waals surface area contributed by atoms with Gasteiger partial charge < -0.3 is 20.7 Å². The maximum Gasteiger partial charge on any atom is 0.407 e. The normalized spacial score (nSPS) is 21.0. The summed E-state index contributed by atoms with van der Waals surface area (Å²) in [5, 5.41) is 8.68. The highest BCUT2D eigenvalue weighted by atomic mass is 32.2. The van der Waals surface area contributed by atoms with Crippen LogP contribution in [0.2, 0.25) is 0 Å². The minimum Gasteiger partial charge on any atom is -0.447 e. The third-order valence-electron chi connectivity index (χ3n) is 7.16. The highest BCUT2D eigenvalue weighted by Gasteiger charge is 2.36. The van der Waals surface area contributed by atoms with Crippen LogP contribution in [0.5, 0.6) is 0 Å². The van der Waals surface area contributed by atoms with Crippen molar-refractivity contribution in [2.75, 3.05) is 0 Å². The van der Waals surface area contributed by atoms with Gasteiger partial charge in [-0.1, -0.05) is 36.4 Å². The lowest BCUT2D eigenvalue weighted by atomic mass is 9.86. The number of amides is 3. The van der Waals surface area contributed by atoms with E-state index in [4.69, 9.17) is 9.72 Å². The van der Waals surface area contributed by atoms with Crippen molar-refractivity contribution >= 4 is 39.1 Å². The van der Waals surface area contributed by atoms with Crippen molar-refractivity contribution in [2.24, 2.45) is 0 Å². The number of benzene rings is 1. The number of alkyl carbamates (subject to hydrolysis) is 1. The Kier molecular flexibility index (Phi) is 10.7. The number of ether oxygens (including phenoxy) is 1. The third-order valence-corrected chi connectivity index (χ3v) is 10.4. The van der Waals surface area contributed by atoms with Crippen molar-refractivity contribution in [3.05, 3.63) is 69.8 Å². The van der Waals surface area contributed by atoms with Crippen molar-refractivity contribution in [1.82, 2.24) is 25.7 Å². The van der Waals surface area contributed by atoms with Gasteiger partial charge in [-0.05, 0) is 77.5 Å². The molecule has 1 saturated carbocycles. The fraction of sp³-hybridized carbons (Fsp3) is 0.516. The minimum atomic E-state index is -3.81. The summed E-state index contributed by atoms with van der Waals surface area (Å²) in [5.74, 6) is 0.242. The number of carbonyl (C=O) groups excluding carboxylic acids is 2. The number of urea groups is 1. The molecule has 1 aromatic heterocycles. The second-order valence-corrected chi connectivity index (χ2v) is 15.3. The van der Waals surface area contributed by atoms with Crippen LogP contribution < -0.4 is 20.7 Å². The van der Waals surface area contributed by atoms with E-state index >= 15 is 0 Å². The van der Waals surface area contributed by atoms with E-state index in [0.29, 0.717) is 17.8 Å². The van der Waals surface area contributed by atoms with Gasteiger partial charge in [0.05, 0.1) is 16.0 Å². The lowest BCUT2D eigenvalue weighted by molar-refractivity contribution is 0.109. The van der Waals surface area contributed by atoms with E-state index in [2.05, 4.69) is 20.7 Å². The first kappa shape index (κ1) is 32.7. The lowest BCUT2D eigenvalue weighted by Gasteiger charge is -2.29. The van der Waals surface area contributed by atoms with Gasteiger partial charge in [-0.3, -0.25) is 0 Å². The number of rotatable bonds is 9. The molecule has 12 heteroatoms. The molecule has 4 rings (SSSR count). The molecule has 1 heterocycles. The van der Waals surface area contributed by atoms with Gasteiger partial charge >= 0.3 is 12.1 Å². The lowest BCUT2D eigenvalue weighted by Crippen LogP contribution is -2.47. The fourth-order valence-corrected chi connectivity index (χ4v) is 8.44. The molecule has 1 fully saturated rings. The molecular weight excluding hydrogens is 587 g/mol. The molecule has 2 aliphatic rings. The van der Waals surface area contributed by atoms with Crippen molar-refractivity contribution in [2.45, 2.75) is 102 Å². The van der Waals surface area contributed by atoms with Crippen LogP contribution in [-0.2, 0) is 21.3 Å². The Balaban J connectivity index is 1.46. The zero-order valence-electron chi connectivity index (χ0n) is 25.5. The van der Waals surface area contributed by atoms with E-state index in [9.17, 15) is 18.0 Å². The monoisotopic (exact) mass is 629 g/mol. The summed E-state index contributed by atoms with van der Waals surface area (Å²) in [4.78, 5) is 30.1. The number of carbonyl (C=O) groups is 2. The molecule has 1 aromatic carbocycles. The zero-order chi connectivity index (χ0) is 31.2. The van der Waals surface area contributed by atoms with Gasteiger partial charge in [0.2, 0.25) is 10.0 Å². The first-order valence-corrected chi connectivity index (χ1v) is 17.1. The molecule has 2 aliphatic carbocycles. The SMILES string of the molecule is CC(C)OC(=O)N[C@H]1CC[C@H](c2ncc(C3=CC=C(NC(=O)NCc4ccccc4)CC3S(=O)(=O)NC(C)(C)C)s2)CC1. The zero-order valence-corrected chi connectivity index (χ0v) is 27.1. The summed E-state index contributed by atoms with van der Waals surface area (Å²) < 4.78 is 35.3. The van der Waals surface area contributed by atoms with Gasteiger partial charge in [0, 0.05) is 42.4 Å².